The third-order valence-corrected chi connectivity index (χ3v) is 3.14. The predicted molar refractivity (Wildman–Crippen MR) is 69.8 cm³/mol. The number of aliphatic hydroxyl groups excluding tert-OH is 1. The van der Waals surface area contributed by atoms with Crippen LogP contribution >= 0.6 is 31.9 Å². The predicted octanol–water partition coefficient (Wildman–Crippen LogP) is 2.39. The summed E-state index contributed by atoms with van der Waals surface area (Å²) in [6, 6.07) is 3.70. The lowest BCUT2D eigenvalue weighted by Gasteiger charge is -2.18. The summed E-state index contributed by atoms with van der Waals surface area (Å²) < 4.78 is 1.70. The number of halogens is 2. The number of hydrogen-bond donors (Lipinski definition) is 2. The van der Waals surface area contributed by atoms with Gasteiger partial charge in [0, 0.05) is 21.1 Å². The average molecular weight is 338 g/mol. The molecule has 3 N–H and O–H groups in total. The minimum absolute atomic E-state index is 0.549. The number of likely N-dealkylation sites (N-methyl/N-ethyl adjacent to an activating group) is 1. The van der Waals surface area contributed by atoms with E-state index < -0.39 is 6.10 Å². The molecule has 0 saturated heterocycles. The summed E-state index contributed by atoms with van der Waals surface area (Å²) in [4.78, 5) is 1.92. The number of benzene rings is 1. The molecule has 1 aromatic carbocycles. The number of anilines is 1. The first-order valence-corrected chi connectivity index (χ1v) is 6.07. The molecule has 15 heavy (non-hydrogen) atoms. The number of rotatable bonds is 3. The summed E-state index contributed by atoms with van der Waals surface area (Å²) in [6.07, 6.45) is -0.575. The van der Waals surface area contributed by atoms with Gasteiger partial charge < -0.3 is 15.7 Å². The van der Waals surface area contributed by atoms with E-state index in [1.165, 1.54) is 0 Å². The second kappa shape index (κ2) is 5.30. The highest BCUT2D eigenvalue weighted by atomic mass is 79.9. The molecule has 84 valence electrons. The van der Waals surface area contributed by atoms with E-state index in [0.717, 1.165) is 14.5 Å². The zero-order valence-electron chi connectivity index (χ0n) is 8.67. The Morgan fingerprint density at radius 1 is 1.40 bits per heavy atom. The fourth-order valence-electron chi connectivity index (χ4n) is 1.32. The fourth-order valence-corrected chi connectivity index (χ4v) is 2.58. The first-order chi connectivity index (χ1) is 6.91. The van der Waals surface area contributed by atoms with Gasteiger partial charge in [0.15, 0.2) is 0 Å². The molecule has 0 aliphatic carbocycles. The molecule has 0 amide bonds. The van der Waals surface area contributed by atoms with Crippen molar-refractivity contribution < 1.29 is 5.11 Å². The van der Waals surface area contributed by atoms with Crippen LogP contribution in [-0.2, 0) is 0 Å². The Morgan fingerprint density at radius 2 is 2.00 bits per heavy atom. The van der Waals surface area contributed by atoms with Crippen LogP contribution in [0.3, 0.4) is 0 Å². The Hall–Kier alpha value is -0.100. The largest absolute Gasteiger partial charge is 0.398 e. The van der Waals surface area contributed by atoms with Crippen LogP contribution < -0.4 is 5.73 Å². The molecule has 1 unspecified atom stereocenters. The van der Waals surface area contributed by atoms with E-state index in [1.54, 1.807) is 0 Å². The molecule has 0 aliphatic rings. The summed E-state index contributed by atoms with van der Waals surface area (Å²) in [5, 5.41) is 9.96. The Morgan fingerprint density at radius 3 is 2.53 bits per heavy atom. The second-order valence-electron chi connectivity index (χ2n) is 3.67. The Balaban J connectivity index is 3.02. The molecule has 0 fully saturated rings. The lowest BCUT2D eigenvalue weighted by atomic mass is 10.1. The van der Waals surface area contributed by atoms with E-state index in [1.807, 2.05) is 31.1 Å². The molecule has 0 aromatic heterocycles. The molecule has 5 heteroatoms. The second-order valence-corrected chi connectivity index (χ2v) is 5.44. The monoisotopic (exact) mass is 336 g/mol. The van der Waals surface area contributed by atoms with Crippen molar-refractivity contribution in [3.8, 4) is 0 Å². The Bertz CT molecular complexity index is 356. The molecule has 1 atom stereocenters. The molecule has 1 aromatic rings. The maximum absolute atomic E-state index is 9.96. The van der Waals surface area contributed by atoms with Crippen LogP contribution in [0.5, 0.6) is 0 Å². The van der Waals surface area contributed by atoms with Crippen LogP contribution in [0.25, 0.3) is 0 Å². The van der Waals surface area contributed by atoms with E-state index in [2.05, 4.69) is 31.9 Å². The molecule has 0 saturated carbocycles. The van der Waals surface area contributed by atoms with Crippen molar-refractivity contribution in [1.82, 2.24) is 4.90 Å². The Labute approximate surface area is 107 Å². The molecule has 0 spiro atoms. The maximum Gasteiger partial charge on any atom is 0.0937 e. The molecule has 0 heterocycles. The van der Waals surface area contributed by atoms with Crippen LogP contribution in [0.1, 0.15) is 11.7 Å². The van der Waals surface area contributed by atoms with E-state index in [9.17, 15) is 5.11 Å². The maximum atomic E-state index is 9.96. The summed E-state index contributed by atoms with van der Waals surface area (Å²) in [7, 11) is 3.82. The molecule has 3 nitrogen and oxygen atoms in total. The highest BCUT2D eigenvalue weighted by Crippen LogP contribution is 2.32. The third-order valence-electron chi connectivity index (χ3n) is 2.02. The van der Waals surface area contributed by atoms with Crippen molar-refractivity contribution in [1.29, 1.82) is 0 Å². The van der Waals surface area contributed by atoms with Crippen molar-refractivity contribution in [2.45, 2.75) is 6.10 Å². The average Bonchev–Trinajstić information content (AvgIpc) is 2.09. The summed E-state index contributed by atoms with van der Waals surface area (Å²) in [5.41, 5.74) is 7.21. The van der Waals surface area contributed by atoms with E-state index in [0.29, 0.717) is 12.2 Å². The number of nitrogen functional groups attached to an aromatic ring is 1. The smallest absolute Gasteiger partial charge is 0.0937 e. The van der Waals surface area contributed by atoms with E-state index in [4.69, 9.17) is 5.73 Å². The number of nitrogens with two attached hydrogens (primary N) is 1. The molecule has 1 rings (SSSR count). The Kier molecular flexibility index (Phi) is 4.58. The minimum atomic E-state index is -0.575. The van der Waals surface area contributed by atoms with Gasteiger partial charge in [0.2, 0.25) is 0 Å². The highest BCUT2D eigenvalue weighted by Gasteiger charge is 2.14. The number of nitrogens with zero attached hydrogens (tertiary/aromatic N) is 1. The minimum Gasteiger partial charge on any atom is -0.398 e. The third kappa shape index (κ3) is 3.45. The SMILES string of the molecule is CN(C)CC(O)c1cc(Br)cc(Br)c1N. The van der Waals surface area contributed by atoms with Gasteiger partial charge in [0.1, 0.15) is 0 Å². The highest BCUT2D eigenvalue weighted by molar-refractivity contribution is 9.11. The van der Waals surface area contributed by atoms with Crippen molar-refractivity contribution in [3.05, 3.63) is 26.6 Å². The van der Waals surface area contributed by atoms with E-state index in [-0.39, 0.29) is 0 Å². The molecule has 0 bridgehead atoms. The zero-order chi connectivity index (χ0) is 11.6. The summed E-state index contributed by atoms with van der Waals surface area (Å²) >= 11 is 6.72. The fraction of sp³-hybridized carbons (Fsp3) is 0.400. The topological polar surface area (TPSA) is 49.5 Å². The number of hydrogen-bond acceptors (Lipinski definition) is 3. The number of aliphatic hydroxyl groups is 1. The van der Waals surface area contributed by atoms with Gasteiger partial charge >= 0.3 is 0 Å². The van der Waals surface area contributed by atoms with E-state index >= 15 is 0 Å². The van der Waals surface area contributed by atoms with Crippen molar-refractivity contribution in [2.24, 2.45) is 0 Å². The van der Waals surface area contributed by atoms with Gasteiger partial charge in [-0.25, -0.2) is 0 Å². The standard InChI is InChI=1S/C10H14Br2N2O/c1-14(2)5-9(15)7-3-6(11)4-8(12)10(7)13/h3-4,9,15H,5,13H2,1-2H3. The molecular formula is C10H14Br2N2O. The van der Waals surface area contributed by atoms with Crippen molar-refractivity contribution >= 4 is 37.5 Å². The van der Waals surface area contributed by atoms with Crippen molar-refractivity contribution in [3.63, 3.8) is 0 Å². The van der Waals surface area contributed by atoms with Gasteiger partial charge in [-0.1, -0.05) is 15.9 Å². The van der Waals surface area contributed by atoms with Crippen LogP contribution in [0.15, 0.2) is 21.1 Å². The van der Waals surface area contributed by atoms with Gasteiger partial charge in [-0.3, -0.25) is 0 Å². The van der Waals surface area contributed by atoms with Gasteiger partial charge in [-0.05, 0) is 42.2 Å². The molecular weight excluding hydrogens is 324 g/mol. The van der Waals surface area contributed by atoms with Crippen LogP contribution in [0.2, 0.25) is 0 Å². The van der Waals surface area contributed by atoms with Gasteiger partial charge in [-0.15, -0.1) is 0 Å². The first-order valence-electron chi connectivity index (χ1n) is 4.49. The first kappa shape index (κ1) is 13.0. The molecule has 0 aliphatic heterocycles. The molecule has 0 radical (unpaired) electrons. The van der Waals surface area contributed by atoms with Crippen molar-refractivity contribution in [2.75, 3.05) is 26.4 Å². The zero-order valence-corrected chi connectivity index (χ0v) is 11.8. The lowest BCUT2D eigenvalue weighted by molar-refractivity contribution is 0.139. The van der Waals surface area contributed by atoms with Gasteiger partial charge in [-0.2, -0.15) is 0 Å². The quantitative estimate of drug-likeness (QED) is 0.833. The van der Waals surface area contributed by atoms with Gasteiger partial charge in [0.25, 0.3) is 0 Å². The van der Waals surface area contributed by atoms with Crippen LogP contribution in [0, 0.1) is 0 Å². The lowest BCUT2D eigenvalue weighted by Crippen LogP contribution is -2.20. The van der Waals surface area contributed by atoms with Crippen LogP contribution in [0.4, 0.5) is 5.69 Å². The van der Waals surface area contributed by atoms with Crippen LogP contribution in [-0.4, -0.2) is 30.6 Å². The summed E-state index contributed by atoms with van der Waals surface area (Å²) in [6.45, 7) is 0.549. The summed E-state index contributed by atoms with van der Waals surface area (Å²) in [5.74, 6) is 0. The normalized spacial score (nSPS) is 13.2. The van der Waals surface area contributed by atoms with Gasteiger partial charge in [0.05, 0.1) is 11.8 Å².